The highest BCUT2D eigenvalue weighted by molar-refractivity contribution is 8.00. The Labute approximate surface area is 458 Å². The van der Waals surface area contributed by atoms with Gasteiger partial charge in [-0.15, -0.1) is 18.3 Å². The van der Waals surface area contributed by atoms with Gasteiger partial charge in [-0.3, -0.25) is 19.2 Å². The number of unbranched alkanes of at least 4 members (excludes halogenated alkanes) is 6. The van der Waals surface area contributed by atoms with Gasteiger partial charge in [0, 0.05) is 90.0 Å². The molecule has 1 aromatic heterocycles. The number of pyridine rings is 1. The second-order valence-electron chi connectivity index (χ2n) is 25.4. The maximum Gasteiger partial charge on any atom is 0.343 e. The summed E-state index contributed by atoms with van der Waals surface area (Å²) in [5, 5.41) is 0.345. The molecule has 7 aliphatic rings. The van der Waals surface area contributed by atoms with Crippen molar-refractivity contribution in [3.63, 3.8) is 0 Å². The quantitative estimate of drug-likeness (QED) is 0.0548. The lowest BCUT2D eigenvalue weighted by Gasteiger charge is -2.58. The molecule has 2 bridgehead atoms. The molecule has 420 valence electrons. The lowest BCUT2D eigenvalue weighted by molar-refractivity contribution is -0.198. The molecule has 16 heteroatoms. The first-order chi connectivity index (χ1) is 36.1. The Hall–Kier alpha value is -3.53. The Morgan fingerprint density at radius 2 is 1.64 bits per heavy atom. The molecule has 7 fully saturated rings. The normalized spacial score (nSPS) is 34.9. The van der Waals surface area contributed by atoms with E-state index >= 15 is 4.39 Å². The summed E-state index contributed by atoms with van der Waals surface area (Å²) in [5.74, 6) is -2.05. The Balaban J connectivity index is 0.758. The Bertz CT molecular complexity index is 2600. The van der Waals surface area contributed by atoms with E-state index in [-0.39, 0.29) is 99.3 Å². The molecule has 0 amide bonds. The molecule has 4 aliphatic carbocycles. The van der Waals surface area contributed by atoms with Gasteiger partial charge in [0.05, 0.1) is 40.0 Å². The number of aromatic nitrogens is 1. The smallest absolute Gasteiger partial charge is 0.343 e. The van der Waals surface area contributed by atoms with E-state index in [2.05, 4.69) is 60.1 Å². The van der Waals surface area contributed by atoms with Gasteiger partial charge >= 0.3 is 17.9 Å². The first-order valence-corrected chi connectivity index (χ1v) is 30.3. The second kappa shape index (κ2) is 22.5. The first kappa shape index (κ1) is 57.2. The molecule has 9 rings (SSSR count). The SMILES string of the molecule is C=C[C@@]1(C)C[C@H](OC(=O)CSC2CC3CCC(C2)N3C)[C@@](C)(C(C)CC)C2C(=O)CCC2(C)[C@H](C)[C@H]1OC(=O)CCCCCCCCCOC(=O)c1cn(C2C[C@@H]2F)c2c(Cl)c(N3C[C@@H](N)C4(CC4)C3)c(F)cc2c1=O. The molecule has 3 aliphatic heterocycles. The molecule has 6 unspecified atom stereocenters. The lowest BCUT2D eigenvalue weighted by Crippen LogP contribution is -2.60. The van der Waals surface area contributed by atoms with E-state index in [1.165, 1.54) is 23.6 Å². The minimum absolute atomic E-state index is 0.0151. The van der Waals surface area contributed by atoms with E-state index in [4.69, 9.17) is 31.5 Å². The van der Waals surface area contributed by atoms with Crippen molar-refractivity contribution in [2.45, 2.75) is 211 Å². The monoisotopic (exact) mass is 1090 g/mol. The standard InChI is InChI=1S/C60H85ClF2N4O8S/c1-9-35(3)59(7)47(74-49(70)33-76-39-26-37-19-20-38(27-39)65(37)8)30-57(5,10-2)55(36(4)58(6)22-21-45(68)54(58)59)75-48(69)18-16-14-12-11-13-15-17-25-73-56(72)41-31-67(44-29-42(44)62)51-40(53(41)71)28-43(63)52(50(51)61)66-32-46(64)60(34-66)23-24-60/h10,28,31,35-39,42,44,46-47,54-55H,2,9,11-27,29-30,32-34,64H2,1,3-8H3/t35?,36-,37?,38?,39?,42+,44?,46-,47+,54?,55-,57+,58?,59-/m1/s1. The third kappa shape index (κ3) is 10.8. The molecule has 4 heterocycles. The zero-order chi connectivity index (χ0) is 54.6. The van der Waals surface area contributed by atoms with Crippen LogP contribution in [0.1, 0.15) is 180 Å². The Morgan fingerprint density at radius 3 is 2.26 bits per heavy atom. The van der Waals surface area contributed by atoms with Crippen LogP contribution < -0.4 is 16.1 Å². The lowest BCUT2D eigenvalue weighted by atomic mass is 9.48. The second-order valence-corrected chi connectivity index (χ2v) is 27.0. The van der Waals surface area contributed by atoms with Crippen LogP contribution in [0.2, 0.25) is 5.02 Å². The molecule has 3 saturated heterocycles. The molecule has 2 N–H and O–H groups in total. The Kier molecular flexibility index (Phi) is 17.0. The number of hydrogen-bond acceptors (Lipinski definition) is 12. The number of piperidine rings is 1. The van der Waals surface area contributed by atoms with Gasteiger partial charge in [-0.1, -0.05) is 97.7 Å². The summed E-state index contributed by atoms with van der Waals surface area (Å²) in [6, 6.07) is 1.51. The van der Waals surface area contributed by atoms with E-state index in [1.54, 1.807) is 11.8 Å². The summed E-state index contributed by atoms with van der Waals surface area (Å²) >= 11 is 8.61. The van der Waals surface area contributed by atoms with Crippen LogP contribution in [0.4, 0.5) is 14.5 Å². The number of carbonyl (C=O) groups excluding carboxylic acids is 4. The fraction of sp³-hybridized carbons (Fsp3) is 0.750. The van der Waals surface area contributed by atoms with Crippen LogP contribution in [0, 0.1) is 45.2 Å². The predicted molar refractivity (Wildman–Crippen MR) is 296 cm³/mol. The van der Waals surface area contributed by atoms with Crippen molar-refractivity contribution in [2.24, 2.45) is 45.1 Å². The maximum absolute atomic E-state index is 15.9. The minimum Gasteiger partial charge on any atom is -0.462 e. The van der Waals surface area contributed by atoms with E-state index in [1.807, 2.05) is 11.0 Å². The first-order valence-electron chi connectivity index (χ1n) is 28.9. The summed E-state index contributed by atoms with van der Waals surface area (Å²) in [7, 11) is 2.23. The molecular formula is C60H85ClF2N4O8S. The van der Waals surface area contributed by atoms with Crippen LogP contribution in [-0.4, -0.2) is 107 Å². The summed E-state index contributed by atoms with van der Waals surface area (Å²) in [6.45, 7) is 18.3. The molecule has 1 aromatic carbocycles. The summed E-state index contributed by atoms with van der Waals surface area (Å²) in [4.78, 5) is 73.7. The van der Waals surface area contributed by atoms with Crippen molar-refractivity contribution in [1.82, 2.24) is 9.47 Å². The number of nitrogens with zero attached hydrogens (tertiary/aromatic N) is 3. The number of carbonyl (C=O) groups is 4. The molecule has 76 heavy (non-hydrogen) atoms. The number of hydrogen-bond donors (Lipinski definition) is 1. The summed E-state index contributed by atoms with van der Waals surface area (Å²) < 4.78 is 50.8. The van der Waals surface area contributed by atoms with Gasteiger partial charge in [0.15, 0.2) is 0 Å². The zero-order valence-corrected chi connectivity index (χ0v) is 47.9. The fourth-order valence-electron chi connectivity index (χ4n) is 15.1. The largest absolute Gasteiger partial charge is 0.462 e. The van der Waals surface area contributed by atoms with Crippen LogP contribution in [0.15, 0.2) is 29.7 Å². The number of thioether (sulfide) groups is 1. The number of esters is 3. The highest BCUT2D eigenvalue weighted by atomic mass is 35.5. The topological polar surface area (TPSA) is 150 Å². The summed E-state index contributed by atoms with van der Waals surface area (Å²) in [5.41, 5.74) is 3.83. The molecule has 13 atom stereocenters. The van der Waals surface area contributed by atoms with Crippen molar-refractivity contribution >= 4 is 63.6 Å². The van der Waals surface area contributed by atoms with Gasteiger partial charge < -0.3 is 34.3 Å². The molecule has 12 nitrogen and oxygen atoms in total. The van der Waals surface area contributed by atoms with E-state index in [0.717, 1.165) is 70.3 Å². The van der Waals surface area contributed by atoms with E-state index in [9.17, 15) is 28.4 Å². The number of benzene rings is 1. The van der Waals surface area contributed by atoms with Crippen molar-refractivity contribution in [3.8, 4) is 0 Å². The fourth-order valence-corrected chi connectivity index (χ4v) is 16.6. The molecule has 2 aromatic rings. The minimum atomic E-state index is -1.19. The number of halogens is 3. The van der Waals surface area contributed by atoms with Crippen LogP contribution in [-0.2, 0) is 28.6 Å². The van der Waals surface area contributed by atoms with Gasteiger partial charge in [0.25, 0.3) is 0 Å². The van der Waals surface area contributed by atoms with Crippen LogP contribution in [0.5, 0.6) is 0 Å². The third-order valence-corrected chi connectivity index (χ3v) is 22.4. The highest BCUT2D eigenvalue weighted by Gasteiger charge is 2.65. The number of anilines is 1. The zero-order valence-electron chi connectivity index (χ0n) is 46.3. The molecule has 1 spiro atoms. The van der Waals surface area contributed by atoms with Gasteiger partial charge in [0.1, 0.15) is 35.5 Å². The van der Waals surface area contributed by atoms with Gasteiger partial charge in [-0.2, -0.15) is 0 Å². The average Bonchev–Trinajstić information content (AvgIpc) is 4.29. The van der Waals surface area contributed by atoms with Crippen molar-refractivity contribution in [1.29, 1.82) is 0 Å². The molecule has 0 radical (unpaired) electrons. The van der Waals surface area contributed by atoms with Crippen molar-refractivity contribution in [2.75, 3.05) is 37.4 Å². The van der Waals surface area contributed by atoms with Crippen LogP contribution in [0.25, 0.3) is 10.9 Å². The van der Waals surface area contributed by atoms with Crippen LogP contribution in [0.3, 0.4) is 0 Å². The average molecular weight is 1100 g/mol. The van der Waals surface area contributed by atoms with Crippen molar-refractivity contribution in [3.05, 3.63) is 51.5 Å². The number of ether oxygens (including phenoxy) is 3. The number of Topliss-reactive ketones (excluding diaryl/α,β-unsaturated/α-hetero) is 1. The van der Waals surface area contributed by atoms with Gasteiger partial charge in [-0.25, -0.2) is 13.6 Å². The predicted octanol–water partition coefficient (Wildman–Crippen LogP) is 11.7. The van der Waals surface area contributed by atoms with E-state index < -0.39 is 57.9 Å². The number of alkyl halides is 1. The van der Waals surface area contributed by atoms with E-state index in [0.29, 0.717) is 62.5 Å². The number of fused-ring (bicyclic) bond motifs is 4. The van der Waals surface area contributed by atoms with Crippen LogP contribution >= 0.6 is 23.4 Å². The third-order valence-electron chi connectivity index (χ3n) is 20.8. The number of rotatable bonds is 21. The molecular weight excluding hydrogens is 1010 g/mol. The number of ketones is 1. The highest BCUT2D eigenvalue weighted by Crippen LogP contribution is 2.64. The Morgan fingerprint density at radius 1 is 0.987 bits per heavy atom. The molecule has 4 saturated carbocycles. The maximum atomic E-state index is 15.9. The van der Waals surface area contributed by atoms with Gasteiger partial charge in [0.2, 0.25) is 5.43 Å². The van der Waals surface area contributed by atoms with Crippen molar-refractivity contribution < 1.29 is 42.2 Å². The number of nitrogens with two attached hydrogens (primary N) is 1. The van der Waals surface area contributed by atoms with Gasteiger partial charge in [-0.05, 0) is 88.7 Å². The summed E-state index contributed by atoms with van der Waals surface area (Å²) in [6.07, 6.45) is 15.7.